The van der Waals surface area contributed by atoms with E-state index in [1.807, 2.05) is 13.0 Å². The second kappa shape index (κ2) is 5.25. The molecule has 4 heteroatoms. The molecule has 0 radical (unpaired) electrons. The molecular formula is C17H26O4. The molecule has 2 aliphatic carbocycles. The molecular weight excluding hydrogens is 268 g/mol. The van der Waals surface area contributed by atoms with E-state index in [-0.39, 0.29) is 0 Å². The molecule has 1 fully saturated rings. The van der Waals surface area contributed by atoms with Crippen molar-refractivity contribution in [2.24, 2.45) is 11.3 Å². The van der Waals surface area contributed by atoms with Gasteiger partial charge < -0.3 is 14.9 Å². The summed E-state index contributed by atoms with van der Waals surface area (Å²) in [5.41, 5.74) is 0.0904. The molecule has 2 atom stereocenters. The number of carbonyl (C=O) groups excluding carboxylic acids is 1. The summed E-state index contributed by atoms with van der Waals surface area (Å²) in [6.07, 6.45) is 3.14. The largest absolute Gasteiger partial charge is 0.465 e. The second-order valence-electron chi connectivity index (χ2n) is 6.91. The fourth-order valence-electron chi connectivity index (χ4n) is 3.49. The van der Waals surface area contributed by atoms with Gasteiger partial charge in [0.1, 0.15) is 11.7 Å². The molecule has 118 valence electrons. The summed E-state index contributed by atoms with van der Waals surface area (Å²) in [5.74, 6) is -0.0194. The Balaban J connectivity index is 2.58. The number of hydrogen-bond donors (Lipinski definition) is 2. The van der Waals surface area contributed by atoms with E-state index in [1.165, 1.54) is 7.11 Å². The maximum Gasteiger partial charge on any atom is 0.338 e. The molecule has 2 unspecified atom stereocenters. The zero-order valence-corrected chi connectivity index (χ0v) is 13.6. The summed E-state index contributed by atoms with van der Waals surface area (Å²) in [4.78, 5) is 12.2. The fraction of sp³-hybridized carbons (Fsp3) is 0.706. The van der Waals surface area contributed by atoms with E-state index >= 15 is 0 Å². The third kappa shape index (κ3) is 2.34. The van der Waals surface area contributed by atoms with Gasteiger partial charge in [0.15, 0.2) is 0 Å². The minimum Gasteiger partial charge on any atom is -0.465 e. The van der Waals surface area contributed by atoms with Crippen molar-refractivity contribution in [3.05, 3.63) is 22.8 Å². The number of aliphatic hydroxyl groups is 2. The van der Waals surface area contributed by atoms with Crippen LogP contribution in [0.4, 0.5) is 0 Å². The van der Waals surface area contributed by atoms with Gasteiger partial charge in [-0.15, -0.1) is 0 Å². The molecule has 1 spiro atoms. The lowest BCUT2D eigenvalue weighted by atomic mass is 9.66. The molecule has 0 bridgehead atoms. The molecule has 21 heavy (non-hydrogen) atoms. The van der Waals surface area contributed by atoms with Crippen LogP contribution in [0.3, 0.4) is 0 Å². The molecule has 1 saturated carbocycles. The maximum atomic E-state index is 12.2. The Morgan fingerprint density at radius 1 is 1.48 bits per heavy atom. The number of ether oxygens (including phenoxy) is 1. The first-order valence-electron chi connectivity index (χ1n) is 7.59. The molecule has 2 N–H and O–H groups in total. The number of methoxy groups -OCH3 is 1. The van der Waals surface area contributed by atoms with E-state index < -0.39 is 23.1 Å². The Kier molecular flexibility index (Phi) is 4.06. The number of rotatable bonds is 3. The number of aliphatic hydroxyl groups excluding tert-OH is 1. The predicted molar refractivity (Wildman–Crippen MR) is 80.6 cm³/mol. The molecule has 0 aliphatic heterocycles. The number of esters is 1. The van der Waals surface area contributed by atoms with Gasteiger partial charge in [0, 0.05) is 5.41 Å². The lowest BCUT2D eigenvalue weighted by Crippen LogP contribution is -2.53. The molecule has 0 heterocycles. The number of allylic oxidation sites excluding steroid dienone is 1. The highest BCUT2D eigenvalue weighted by Gasteiger charge is 2.64. The van der Waals surface area contributed by atoms with Crippen molar-refractivity contribution in [1.82, 2.24) is 0 Å². The maximum absolute atomic E-state index is 12.2. The molecule has 0 aromatic carbocycles. The molecule has 0 aromatic heterocycles. The van der Waals surface area contributed by atoms with Crippen LogP contribution in [0.5, 0.6) is 0 Å². The van der Waals surface area contributed by atoms with Crippen LogP contribution in [-0.4, -0.2) is 35.0 Å². The van der Waals surface area contributed by atoms with Gasteiger partial charge in [-0.1, -0.05) is 19.9 Å². The molecule has 0 amide bonds. The fourth-order valence-corrected chi connectivity index (χ4v) is 3.49. The van der Waals surface area contributed by atoms with Gasteiger partial charge in [0.25, 0.3) is 0 Å². The Bertz CT molecular complexity index is 507. The van der Waals surface area contributed by atoms with Gasteiger partial charge in [-0.3, -0.25) is 0 Å². The van der Waals surface area contributed by atoms with Crippen LogP contribution < -0.4 is 0 Å². The summed E-state index contributed by atoms with van der Waals surface area (Å²) in [5, 5.41) is 21.5. The van der Waals surface area contributed by atoms with Crippen LogP contribution in [0.15, 0.2) is 22.8 Å². The van der Waals surface area contributed by atoms with Gasteiger partial charge in [-0.25, -0.2) is 4.79 Å². The SMILES string of the molecule is COC(=O)C1=C(C)C2(CC2)C(C)(O)C(O)/C1=C\CC(C)C. The minimum atomic E-state index is -1.24. The quantitative estimate of drug-likeness (QED) is 0.784. The Hall–Kier alpha value is -1.13. The molecule has 0 aromatic rings. The van der Waals surface area contributed by atoms with Crippen molar-refractivity contribution < 1.29 is 19.7 Å². The Morgan fingerprint density at radius 3 is 2.48 bits per heavy atom. The van der Waals surface area contributed by atoms with Crippen molar-refractivity contribution >= 4 is 5.97 Å². The summed E-state index contributed by atoms with van der Waals surface area (Å²) in [6, 6.07) is 0. The molecule has 2 aliphatic rings. The Morgan fingerprint density at radius 2 is 2.05 bits per heavy atom. The van der Waals surface area contributed by atoms with E-state index in [9.17, 15) is 15.0 Å². The first-order chi connectivity index (χ1) is 9.69. The first kappa shape index (κ1) is 16.2. The van der Waals surface area contributed by atoms with Crippen molar-refractivity contribution in [3.63, 3.8) is 0 Å². The standard InChI is InChI=1S/C17H26O4/c1-10(2)6-7-12-13(15(19)21-5)11(3)17(8-9-17)16(4,20)14(12)18/h7,10,14,18,20H,6,8-9H2,1-5H3/b12-7-. The van der Waals surface area contributed by atoms with Gasteiger partial charge in [-0.2, -0.15) is 0 Å². The van der Waals surface area contributed by atoms with Crippen LogP contribution in [0, 0.1) is 11.3 Å². The lowest BCUT2D eigenvalue weighted by Gasteiger charge is -2.44. The highest BCUT2D eigenvalue weighted by atomic mass is 16.5. The summed E-state index contributed by atoms with van der Waals surface area (Å²) < 4.78 is 4.90. The number of hydrogen-bond acceptors (Lipinski definition) is 4. The van der Waals surface area contributed by atoms with E-state index in [0.717, 1.165) is 24.8 Å². The minimum absolute atomic E-state index is 0.408. The third-order valence-corrected chi connectivity index (χ3v) is 5.13. The van der Waals surface area contributed by atoms with Gasteiger partial charge in [0.2, 0.25) is 0 Å². The molecule has 4 nitrogen and oxygen atoms in total. The smallest absolute Gasteiger partial charge is 0.338 e. The zero-order chi connectivity index (χ0) is 16.0. The van der Waals surface area contributed by atoms with Gasteiger partial charge in [-0.05, 0) is 50.2 Å². The summed E-state index contributed by atoms with van der Waals surface area (Å²) in [6.45, 7) is 7.69. The van der Waals surface area contributed by atoms with Crippen LogP contribution in [0.2, 0.25) is 0 Å². The average Bonchev–Trinajstić information content (AvgIpc) is 3.21. The normalized spacial score (nSPS) is 33.0. The van der Waals surface area contributed by atoms with E-state index in [1.54, 1.807) is 6.92 Å². The zero-order valence-electron chi connectivity index (χ0n) is 13.6. The third-order valence-electron chi connectivity index (χ3n) is 5.13. The predicted octanol–water partition coefficient (Wildman–Crippen LogP) is 2.35. The van der Waals surface area contributed by atoms with Gasteiger partial charge in [0.05, 0.1) is 12.7 Å². The monoisotopic (exact) mass is 294 g/mol. The summed E-state index contributed by atoms with van der Waals surface area (Å²) in [7, 11) is 1.35. The van der Waals surface area contributed by atoms with E-state index in [0.29, 0.717) is 17.1 Å². The first-order valence-corrected chi connectivity index (χ1v) is 7.59. The van der Waals surface area contributed by atoms with Crippen LogP contribution >= 0.6 is 0 Å². The van der Waals surface area contributed by atoms with E-state index in [4.69, 9.17) is 4.74 Å². The second-order valence-corrected chi connectivity index (χ2v) is 6.91. The molecule has 0 saturated heterocycles. The topological polar surface area (TPSA) is 66.8 Å². The molecule has 2 rings (SSSR count). The highest BCUT2D eigenvalue weighted by Crippen LogP contribution is 2.64. The van der Waals surface area contributed by atoms with Gasteiger partial charge >= 0.3 is 5.97 Å². The van der Waals surface area contributed by atoms with Crippen molar-refractivity contribution in [1.29, 1.82) is 0 Å². The lowest BCUT2D eigenvalue weighted by molar-refractivity contribution is -0.137. The van der Waals surface area contributed by atoms with Crippen molar-refractivity contribution in [3.8, 4) is 0 Å². The average molecular weight is 294 g/mol. The summed E-state index contributed by atoms with van der Waals surface area (Å²) >= 11 is 0. The van der Waals surface area contributed by atoms with Crippen LogP contribution in [0.25, 0.3) is 0 Å². The van der Waals surface area contributed by atoms with Crippen LogP contribution in [-0.2, 0) is 9.53 Å². The highest BCUT2D eigenvalue weighted by molar-refractivity contribution is 5.95. The van der Waals surface area contributed by atoms with E-state index in [2.05, 4.69) is 13.8 Å². The van der Waals surface area contributed by atoms with Crippen LogP contribution in [0.1, 0.15) is 47.0 Å². The van der Waals surface area contributed by atoms with Crippen molar-refractivity contribution in [2.75, 3.05) is 7.11 Å². The van der Waals surface area contributed by atoms with Crippen molar-refractivity contribution in [2.45, 2.75) is 58.7 Å². The number of carbonyl (C=O) groups is 1. The Labute approximate surface area is 126 Å².